The van der Waals surface area contributed by atoms with Crippen LogP contribution in [-0.2, 0) is 11.0 Å². The van der Waals surface area contributed by atoms with Crippen LogP contribution in [0.15, 0.2) is 11.4 Å². The van der Waals surface area contributed by atoms with Gasteiger partial charge in [-0.25, -0.2) is 4.79 Å². The SMILES string of the molecule is O=C(O)C(O)c1sccc1C(F)(F)F. The molecule has 0 spiro atoms. The molecule has 0 fully saturated rings. The van der Waals surface area contributed by atoms with Gasteiger partial charge < -0.3 is 10.2 Å². The van der Waals surface area contributed by atoms with E-state index in [0.717, 1.165) is 11.4 Å². The zero-order valence-electron chi connectivity index (χ0n) is 6.58. The minimum atomic E-state index is -4.63. The lowest BCUT2D eigenvalue weighted by atomic mass is 10.2. The smallest absolute Gasteiger partial charge is 0.417 e. The van der Waals surface area contributed by atoms with Crippen LogP contribution in [0.1, 0.15) is 16.5 Å². The number of carboxylic acids is 1. The summed E-state index contributed by atoms with van der Waals surface area (Å²) in [4.78, 5) is 9.67. The average Bonchev–Trinajstić information content (AvgIpc) is 2.48. The molecule has 3 nitrogen and oxygen atoms in total. The first-order valence-electron chi connectivity index (χ1n) is 3.39. The Bertz CT molecular complexity index is 344. The van der Waals surface area contributed by atoms with E-state index in [1.807, 2.05) is 0 Å². The van der Waals surface area contributed by atoms with Gasteiger partial charge in [0.05, 0.1) is 10.4 Å². The van der Waals surface area contributed by atoms with Crippen LogP contribution in [-0.4, -0.2) is 16.2 Å². The van der Waals surface area contributed by atoms with Crippen LogP contribution in [0.4, 0.5) is 13.2 Å². The summed E-state index contributed by atoms with van der Waals surface area (Å²) in [6.07, 6.45) is -6.75. The zero-order valence-corrected chi connectivity index (χ0v) is 7.39. The molecular weight excluding hydrogens is 221 g/mol. The Hall–Kier alpha value is -1.08. The molecule has 1 aromatic rings. The van der Waals surface area contributed by atoms with E-state index in [2.05, 4.69) is 0 Å². The highest BCUT2D eigenvalue weighted by atomic mass is 32.1. The predicted molar refractivity (Wildman–Crippen MR) is 41.9 cm³/mol. The Morgan fingerprint density at radius 1 is 1.50 bits per heavy atom. The van der Waals surface area contributed by atoms with Crippen LogP contribution < -0.4 is 0 Å². The van der Waals surface area contributed by atoms with Gasteiger partial charge in [-0.3, -0.25) is 0 Å². The van der Waals surface area contributed by atoms with Crippen LogP contribution in [0.3, 0.4) is 0 Å². The monoisotopic (exact) mass is 226 g/mol. The summed E-state index contributed by atoms with van der Waals surface area (Å²) in [5.41, 5.74) is -1.10. The molecule has 0 amide bonds. The molecular formula is C7H5F3O3S. The van der Waals surface area contributed by atoms with E-state index in [1.165, 1.54) is 0 Å². The van der Waals surface area contributed by atoms with Gasteiger partial charge in [-0.1, -0.05) is 0 Å². The van der Waals surface area contributed by atoms with Crippen molar-refractivity contribution in [3.05, 3.63) is 21.9 Å². The second-order valence-electron chi connectivity index (χ2n) is 2.44. The van der Waals surface area contributed by atoms with E-state index in [4.69, 9.17) is 10.2 Å². The van der Waals surface area contributed by atoms with E-state index in [1.54, 1.807) is 0 Å². The molecule has 1 atom stereocenters. The molecule has 0 radical (unpaired) electrons. The van der Waals surface area contributed by atoms with Crippen molar-refractivity contribution in [2.24, 2.45) is 0 Å². The molecule has 1 rings (SSSR count). The molecule has 0 aliphatic rings. The van der Waals surface area contributed by atoms with Crippen molar-refractivity contribution in [2.75, 3.05) is 0 Å². The van der Waals surface area contributed by atoms with E-state index < -0.39 is 28.7 Å². The minimum absolute atomic E-state index is 0.562. The highest BCUT2D eigenvalue weighted by molar-refractivity contribution is 7.10. The summed E-state index contributed by atoms with van der Waals surface area (Å²) in [6.45, 7) is 0. The summed E-state index contributed by atoms with van der Waals surface area (Å²) >= 11 is 0.562. The third-order valence-corrected chi connectivity index (χ3v) is 2.45. The third-order valence-electron chi connectivity index (χ3n) is 1.48. The van der Waals surface area contributed by atoms with Gasteiger partial charge >= 0.3 is 12.1 Å². The second kappa shape index (κ2) is 3.58. The fraction of sp³-hybridized carbons (Fsp3) is 0.286. The number of carboxylic acid groups (broad SMARTS) is 1. The Balaban J connectivity index is 3.11. The summed E-state index contributed by atoms with van der Waals surface area (Å²) in [7, 11) is 0. The number of hydrogen-bond acceptors (Lipinski definition) is 3. The number of alkyl halides is 3. The van der Waals surface area contributed by atoms with Gasteiger partial charge in [-0.05, 0) is 11.4 Å². The van der Waals surface area contributed by atoms with Crippen molar-refractivity contribution in [3.63, 3.8) is 0 Å². The molecule has 0 saturated heterocycles. The summed E-state index contributed by atoms with van der Waals surface area (Å²) in [6, 6.07) is 0.742. The first kappa shape index (κ1) is 11.0. The van der Waals surface area contributed by atoms with Gasteiger partial charge in [-0.15, -0.1) is 11.3 Å². The number of halogens is 3. The van der Waals surface area contributed by atoms with Crippen LogP contribution >= 0.6 is 11.3 Å². The first-order valence-corrected chi connectivity index (χ1v) is 4.27. The summed E-state index contributed by atoms with van der Waals surface area (Å²) < 4.78 is 36.6. The van der Waals surface area contributed by atoms with Crippen molar-refractivity contribution in [3.8, 4) is 0 Å². The van der Waals surface area contributed by atoms with Crippen LogP contribution in [0.5, 0.6) is 0 Å². The maximum Gasteiger partial charge on any atom is 0.417 e. The molecule has 14 heavy (non-hydrogen) atoms. The van der Waals surface area contributed by atoms with Crippen LogP contribution in [0.2, 0.25) is 0 Å². The average molecular weight is 226 g/mol. The molecule has 0 aromatic carbocycles. The van der Waals surface area contributed by atoms with E-state index >= 15 is 0 Å². The molecule has 1 unspecified atom stereocenters. The largest absolute Gasteiger partial charge is 0.479 e. The van der Waals surface area contributed by atoms with Gasteiger partial charge in [0.25, 0.3) is 0 Å². The molecule has 78 valence electrons. The number of hydrogen-bond donors (Lipinski definition) is 2. The van der Waals surface area contributed by atoms with Gasteiger partial charge in [0.1, 0.15) is 0 Å². The van der Waals surface area contributed by atoms with Crippen molar-refractivity contribution in [1.82, 2.24) is 0 Å². The van der Waals surface area contributed by atoms with Crippen molar-refractivity contribution in [2.45, 2.75) is 12.3 Å². The Labute approximate surface area is 80.4 Å². The highest BCUT2D eigenvalue weighted by Crippen LogP contribution is 2.37. The van der Waals surface area contributed by atoms with E-state index in [0.29, 0.717) is 11.3 Å². The zero-order chi connectivity index (χ0) is 10.9. The molecule has 0 aliphatic heterocycles. The number of carbonyl (C=O) groups is 1. The standard InChI is InChI=1S/C7H5F3O3S/c8-7(9,10)3-1-2-14-5(3)4(11)6(12)13/h1-2,4,11H,(H,12,13). The maximum absolute atomic E-state index is 12.2. The van der Waals surface area contributed by atoms with Crippen LogP contribution in [0, 0.1) is 0 Å². The van der Waals surface area contributed by atoms with Crippen molar-refractivity contribution >= 4 is 17.3 Å². The lowest BCUT2D eigenvalue weighted by Gasteiger charge is -2.09. The fourth-order valence-electron chi connectivity index (χ4n) is 0.879. The molecule has 7 heteroatoms. The summed E-state index contributed by atoms with van der Waals surface area (Å²) in [5.74, 6) is -1.70. The van der Waals surface area contributed by atoms with Crippen molar-refractivity contribution in [1.29, 1.82) is 0 Å². The Morgan fingerprint density at radius 3 is 2.50 bits per heavy atom. The van der Waals surface area contributed by atoms with Gasteiger partial charge in [0.2, 0.25) is 0 Å². The molecule has 0 bridgehead atoms. The molecule has 0 saturated carbocycles. The minimum Gasteiger partial charge on any atom is -0.479 e. The topological polar surface area (TPSA) is 57.5 Å². The van der Waals surface area contributed by atoms with E-state index in [9.17, 15) is 18.0 Å². The number of aliphatic carboxylic acids is 1. The number of thiophene rings is 1. The number of aliphatic hydroxyl groups excluding tert-OH is 1. The number of aliphatic hydroxyl groups is 1. The predicted octanol–water partition coefficient (Wildman–Crippen LogP) is 1.88. The van der Waals surface area contributed by atoms with Gasteiger partial charge in [0, 0.05) is 0 Å². The lowest BCUT2D eigenvalue weighted by Crippen LogP contribution is -2.14. The second-order valence-corrected chi connectivity index (χ2v) is 3.38. The van der Waals surface area contributed by atoms with Crippen molar-refractivity contribution < 1.29 is 28.2 Å². The third kappa shape index (κ3) is 2.05. The first-order chi connectivity index (χ1) is 6.34. The van der Waals surface area contributed by atoms with Gasteiger partial charge in [0.15, 0.2) is 6.10 Å². The molecule has 0 aliphatic carbocycles. The summed E-state index contributed by atoms with van der Waals surface area (Å²) in [5, 5.41) is 18.4. The quantitative estimate of drug-likeness (QED) is 0.809. The Kier molecular flexibility index (Phi) is 2.81. The maximum atomic E-state index is 12.2. The van der Waals surface area contributed by atoms with Crippen LogP contribution in [0.25, 0.3) is 0 Å². The highest BCUT2D eigenvalue weighted by Gasteiger charge is 2.37. The van der Waals surface area contributed by atoms with E-state index in [-0.39, 0.29) is 0 Å². The number of rotatable bonds is 2. The van der Waals surface area contributed by atoms with Gasteiger partial charge in [-0.2, -0.15) is 13.2 Å². The fourth-order valence-corrected chi connectivity index (χ4v) is 1.77. The Morgan fingerprint density at radius 2 is 2.07 bits per heavy atom. The molecule has 1 aromatic heterocycles. The normalized spacial score (nSPS) is 14.0. The molecule has 1 heterocycles. The lowest BCUT2D eigenvalue weighted by molar-refractivity contribution is -0.148. The molecule has 2 N–H and O–H groups in total.